The molecule has 4 aliphatic heterocycles. The molecule has 4 aliphatic rings. The van der Waals surface area contributed by atoms with Crippen LogP contribution >= 0.6 is 11.3 Å². The molecule has 6 heterocycles. The number of ether oxygens (including phenoxy) is 1. The predicted molar refractivity (Wildman–Crippen MR) is 266 cm³/mol. The number of imide groups is 2. The number of hydrogen-bond donors (Lipinski definition) is 3. The van der Waals surface area contributed by atoms with Crippen LogP contribution in [-0.2, 0) is 22.6 Å². The molecule has 71 heavy (non-hydrogen) atoms. The number of nitrogens with one attached hydrogen (secondary N) is 2. The fourth-order valence-electron chi connectivity index (χ4n) is 9.95. The molecule has 10 rings (SSSR count). The van der Waals surface area contributed by atoms with Crippen LogP contribution in [0.15, 0.2) is 91.0 Å². The number of amides is 5. The highest BCUT2D eigenvalue weighted by atomic mass is 32.1. The molecule has 364 valence electrons. The number of rotatable bonds is 16. The second kappa shape index (κ2) is 20.4. The highest BCUT2D eigenvalue weighted by Crippen LogP contribution is 2.35. The number of hydrogen-bond acceptors (Lipinski definition) is 13. The molecule has 3 N–H and O–H groups in total. The topological polar surface area (TPSA) is 195 Å². The summed E-state index contributed by atoms with van der Waals surface area (Å²) in [6.07, 6.45) is 5.64. The molecule has 0 saturated carbocycles. The highest BCUT2D eigenvalue weighted by molar-refractivity contribution is 7.22. The van der Waals surface area contributed by atoms with Gasteiger partial charge in [0.05, 0.1) is 33.6 Å². The second-order valence-electron chi connectivity index (χ2n) is 18.2. The summed E-state index contributed by atoms with van der Waals surface area (Å²) in [5.74, 6) is -3.39. The van der Waals surface area contributed by atoms with Crippen LogP contribution in [0.4, 0.5) is 21.0 Å². The number of benzene rings is 4. The van der Waals surface area contributed by atoms with Gasteiger partial charge in [0.15, 0.2) is 10.8 Å². The molecule has 5 amide bonds. The first-order chi connectivity index (χ1) is 34.5. The van der Waals surface area contributed by atoms with Gasteiger partial charge in [0.1, 0.15) is 23.4 Å². The zero-order valence-electron chi connectivity index (χ0n) is 38.8. The lowest BCUT2D eigenvalue weighted by atomic mass is 9.94. The summed E-state index contributed by atoms with van der Waals surface area (Å²) in [6, 6.07) is 25.8. The van der Waals surface area contributed by atoms with Gasteiger partial charge in [0, 0.05) is 56.8 Å². The molecule has 4 aromatic carbocycles. The van der Waals surface area contributed by atoms with Crippen molar-refractivity contribution in [2.75, 3.05) is 61.0 Å². The number of piperidine rings is 1. The minimum Gasteiger partial charge on any atom is -0.494 e. The fraction of sp³-hybridized carbons (Fsp3) is 0.321. The number of aromatic carboxylic acids is 1. The van der Waals surface area contributed by atoms with Gasteiger partial charge in [-0.25, -0.2) is 19.2 Å². The number of pyridine rings is 1. The lowest BCUT2D eigenvalue weighted by molar-refractivity contribution is -0.136. The van der Waals surface area contributed by atoms with E-state index in [0.717, 1.165) is 84.0 Å². The molecular formula is C53H51FN8O8S. The normalized spacial score (nSPS) is 17.1. The van der Waals surface area contributed by atoms with Gasteiger partial charge in [-0.3, -0.25) is 44.4 Å². The summed E-state index contributed by atoms with van der Waals surface area (Å²) in [5.41, 5.74) is 4.64. The maximum absolute atomic E-state index is 15.4. The van der Waals surface area contributed by atoms with Crippen LogP contribution in [0.25, 0.3) is 21.3 Å². The molecule has 6 aromatic rings. The first-order valence-corrected chi connectivity index (χ1v) is 24.8. The Hall–Kier alpha value is -7.57. The molecule has 0 spiro atoms. The second-order valence-corrected chi connectivity index (χ2v) is 19.2. The van der Waals surface area contributed by atoms with E-state index in [-0.39, 0.29) is 41.3 Å². The van der Waals surface area contributed by atoms with E-state index in [4.69, 9.17) is 4.74 Å². The minimum atomic E-state index is -1.14. The van der Waals surface area contributed by atoms with Gasteiger partial charge in [-0.05, 0) is 104 Å². The Bertz CT molecular complexity index is 3070. The van der Waals surface area contributed by atoms with Crippen LogP contribution in [0.5, 0.6) is 5.75 Å². The van der Waals surface area contributed by atoms with Crippen LogP contribution in [0.3, 0.4) is 0 Å². The van der Waals surface area contributed by atoms with Crippen molar-refractivity contribution in [1.29, 1.82) is 0 Å². The number of para-hydroxylation sites is 1. The number of aromatic nitrogens is 2. The van der Waals surface area contributed by atoms with Gasteiger partial charge in [0.25, 0.3) is 17.7 Å². The molecule has 2 fully saturated rings. The van der Waals surface area contributed by atoms with Crippen LogP contribution in [0, 0.1) is 5.82 Å². The maximum atomic E-state index is 15.4. The van der Waals surface area contributed by atoms with E-state index in [1.165, 1.54) is 17.4 Å². The van der Waals surface area contributed by atoms with Crippen molar-refractivity contribution in [1.82, 2.24) is 25.1 Å². The number of nitrogens with zero attached hydrogens (tertiary/aromatic N) is 6. The Balaban J connectivity index is 0.668. The number of fused-ring (bicyclic) bond motifs is 3. The summed E-state index contributed by atoms with van der Waals surface area (Å²) in [7, 11) is 0. The zero-order valence-corrected chi connectivity index (χ0v) is 39.6. The third-order valence-electron chi connectivity index (χ3n) is 13.7. The fourth-order valence-corrected chi connectivity index (χ4v) is 10.8. The molecule has 1 unspecified atom stereocenters. The molecular weight excluding hydrogens is 928 g/mol. The van der Waals surface area contributed by atoms with E-state index in [1.54, 1.807) is 12.1 Å². The van der Waals surface area contributed by atoms with Gasteiger partial charge in [-0.1, -0.05) is 67.0 Å². The summed E-state index contributed by atoms with van der Waals surface area (Å²) in [6.45, 7) is 4.96. The van der Waals surface area contributed by atoms with E-state index < -0.39 is 41.5 Å². The van der Waals surface area contributed by atoms with Crippen molar-refractivity contribution < 1.29 is 43.0 Å². The summed E-state index contributed by atoms with van der Waals surface area (Å²) in [5, 5.41) is 16.0. The first kappa shape index (κ1) is 47.1. The number of halogens is 1. The van der Waals surface area contributed by atoms with Crippen molar-refractivity contribution in [3.8, 4) is 16.9 Å². The molecule has 0 bridgehead atoms. The number of carbonyl (C=O) groups is 6. The quantitative estimate of drug-likeness (QED) is 0.0636. The SMILES string of the molecule is O=C1CCC(N2C(=O)c3cc(F)c(N4CCN(CCCCCCCOc5cccc(-c6ccc(N7CCc8cccc(C(=O)Nc9nc%10ccccc%10s9)c8C7)nc6C(=O)O)c5)CC4)cc3C2=O)C(=O)N1. The van der Waals surface area contributed by atoms with Crippen molar-refractivity contribution in [2.45, 2.75) is 64.0 Å². The first-order valence-electron chi connectivity index (χ1n) is 24.0. The van der Waals surface area contributed by atoms with Gasteiger partial charge in [-0.15, -0.1) is 0 Å². The summed E-state index contributed by atoms with van der Waals surface area (Å²) < 4.78 is 22.5. The van der Waals surface area contributed by atoms with Crippen molar-refractivity contribution in [2.24, 2.45) is 0 Å². The Morgan fingerprint density at radius 2 is 1.56 bits per heavy atom. The molecule has 18 heteroatoms. The molecule has 0 radical (unpaired) electrons. The Morgan fingerprint density at radius 3 is 2.37 bits per heavy atom. The van der Waals surface area contributed by atoms with Gasteiger partial charge in [-0.2, -0.15) is 0 Å². The number of carboxylic acid groups (broad SMARTS) is 1. The number of carbonyl (C=O) groups excluding carboxylic acids is 5. The number of carboxylic acids is 1. The zero-order chi connectivity index (χ0) is 49.2. The van der Waals surface area contributed by atoms with E-state index in [1.807, 2.05) is 76.5 Å². The van der Waals surface area contributed by atoms with Crippen LogP contribution in [0.1, 0.15) is 97.6 Å². The average Bonchev–Trinajstić information content (AvgIpc) is 3.89. The van der Waals surface area contributed by atoms with Crippen LogP contribution in [-0.4, -0.2) is 112 Å². The minimum absolute atomic E-state index is 0.00917. The standard InChI is InChI=1S/C53H51FN8O8S/c54-40-29-37-38(51(67)62(50(37)66)42-17-19-46(63)57-49(42)65)30-43(40)60-25-23-59(24-26-60)21-6-2-1-3-7-27-70-34-12-8-11-33(28-34)35-16-18-45(56-47(35)52(68)69)61-22-20-32-10-9-13-36(39(32)31-61)48(64)58-53-55-41-14-4-5-15-44(41)71-53/h4-5,8-16,18,28-30,42H,1-3,6-7,17,19-27,31H2,(H,68,69)(H,55,58,64)(H,57,63,65). The van der Waals surface area contributed by atoms with Crippen molar-refractivity contribution in [3.05, 3.63) is 130 Å². The van der Waals surface area contributed by atoms with Gasteiger partial charge >= 0.3 is 5.97 Å². The molecule has 1 atom stereocenters. The predicted octanol–water partition coefficient (Wildman–Crippen LogP) is 7.56. The molecule has 0 aliphatic carbocycles. The molecule has 16 nitrogen and oxygen atoms in total. The monoisotopic (exact) mass is 978 g/mol. The van der Waals surface area contributed by atoms with Crippen LogP contribution in [0.2, 0.25) is 0 Å². The summed E-state index contributed by atoms with van der Waals surface area (Å²) >= 11 is 1.42. The number of thiazole rings is 1. The molecule has 2 saturated heterocycles. The third kappa shape index (κ3) is 9.94. The van der Waals surface area contributed by atoms with Crippen molar-refractivity contribution in [3.63, 3.8) is 0 Å². The Labute approximate surface area is 412 Å². The summed E-state index contributed by atoms with van der Waals surface area (Å²) in [4.78, 5) is 93.0. The van der Waals surface area contributed by atoms with E-state index in [9.17, 15) is 33.9 Å². The van der Waals surface area contributed by atoms with Gasteiger partial charge < -0.3 is 19.6 Å². The number of anilines is 3. The Morgan fingerprint density at radius 1 is 0.789 bits per heavy atom. The average molecular weight is 979 g/mol. The maximum Gasteiger partial charge on any atom is 0.355 e. The van der Waals surface area contributed by atoms with Crippen LogP contribution < -0.4 is 25.2 Å². The molecule has 2 aromatic heterocycles. The van der Waals surface area contributed by atoms with E-state index in [0.29, 0.717) is 72.6 Å². The lowest BCUT2D eigenvalue weighted by Gasteiger charge is -2.36. The highest BCUT2D eigenvalue weighted by Gasteiger charge is 2.45. The van der Waals surface area contributed by atoms with Crippen molar-refractivity contribution >= 4 is 73.7 Å². The number of piperazine rings is 1. The van der Waals surface area contributed by atoms with E-state index in [2.05, 4.69) is 25.5 Å². The largest absolute Gasteiger partial charge is 0.494 e. The van der Waals surface area contributed by atoms with E-state index >= 15 is 4.39 Å². The number of unbranched alkanes of at least 4 members (excludes halogenated alkanes) is 4. The Kier molecular flexibility index (Phi) is 13.5. The lowest BCUT2D eigenvalue weighted by Crippen LogP contribution is -2.54. The third-order valence-corrected chi connectivity index (χ3v) is 14.6. The van der Waals surface area contributed by atoms with Gasteiger partial charge in [0.2, 0.25) is 11.8 Å². The smallest absolute Gasteiger partial charge is 0.355 e.